The Balaban J connectivity index is 1.27. The van der Waals surface area contributed by atoms with E-state index in [9.17, 15) is 4.79 Å². The fourth-order valence-corrected chi connectivity index (χ4v) is 4.66. The molecule has 2 saturated heterocycles. The number of likely N-dealkylation sites (tertiary alicyclic amines) is 1. The molecule has 4 heteroatoms. The minimum atomic E-state index is 0.163. The smallest absolute Gasteiger partial charge is 0.223 e. The van der Waals surface area contributed by atoms with Gasteiger partial charge in [0, 0.05) is 38.3 Å². The standard InChI is InChI=1S/C22H32N2O2/c25-22(19-10-13-26-14-11-19)23-21-16-24(15-20(21)18-8-9-18)12-4-7-17-5-2-1-3-6-17/h1-3,5-6,18-21H,4,7-16H2,(H,23,25)/t20-,21+/m1/s1. The molecule has 1 aromatic carbocycles. The monoisotopic (exact) mass is 356 g/mol. The van der Waals surface area contributed by atoms with Crippen LogP contribution in [0.1, 0.15) is 37.7 Å². The van der Waals surface area contributed by atoms with Gasteiger partial charge >= 0.3 is 0 Å². The minimum absolute atomic E-state index is 0.163. The average Bonchev–Trinajstić information content (AvgIpc) is 3.45. The van der Waals surface area contributed by atoms with Crippen molar-refractivity contribution in [1.29, 1.82) is 0 Å². The number of carbonyl (C=O) groups is 1. The Labute approximate surface area is 157 Å². The number of hydrogen-bond acceptors (Lipinski definition) is 3. The van der Waals surface area contributed by atoms with Crippen LogP contribution in [-0.4, -0.2) is 49.7 Å². The van der Waals surface area contributed by atoms with E-state index in [0.29, 0.717) is 12.0 Å². The van der Waals surface area contributed by atoms with Crippen molar-refractivity contribution in [1.82, 2.24) is 10.2 Å². The molecule has 4 rings (SSSR count). The minimum Gasteiger partial charge on any atom is -0.381 e. The molecule has 0 radical (unpaired) electrons. The number of rotatable bonds is 7. The highest BCUT2D eigenvalue weighted by Crippen LogP contribution is 2.41. The van der Waals surface area contributed by atoms with Gasteiger partial charge in [-0.3, -0.25) is 4.79 Å². The van der Waals surface area contributed by atoms with E-state index in [2.05, 4.69) is 40.5 Å². The second kappa shape index (κ2) is 8.53. The molecule has 3 aliphatic rings. The van der Waals surface area contributed by atoms with Crippen LogP contribution < -0.4 is 5.32 Å². The molecule has 2 atom stereocenters. The van der Waals surface area contributed by atoms with E-state index in [1.54, 1.807) is 0 Å². The lowest BCUT2D eigenvalue weighted by Crippen LogP contribution is -2.45. The number of carbonyl (C=O) groups excluding carboxylic acids is 1. The van der Waals surface area contributed by atoms with Gasteiger partial charge in [-0.2, -0.15) is 0 Å². The predicted molar refractivity (Wildman–Crippen MR) is 103 cm³/mol. The molecule has 2 aliphatic heterocycles. The van der Waals surface area contributed by atoms with E-state index in [1.165, 1.54) is 24.8 Å². The zero-order valence-electron chi connectivity index (χ0n) is 15.7. The van der Waals surface area contributed by atoms with Gasteiger partial charge < -0.3 is 15.0 Å². The fraction of sp³-hybridized carbons (Fsp3) is 0.682. The summed E-state index contributed by atoms with van der Waals surface area (Å²) in [4.78, 5) is 15.2. The summed E-state index contributed by atoms with van der Waals surface area (Å²) in [5.74, 6) is 1.94. The largest absolute Gasteiger partial charge is 0.381 e. The average molecular weight is 357 g/mol. The topological polar surface area (TPSA) is 41.6 Å². The van der Waals surface area contributed by atoms with Crippen molar-refractivity contribution in [2.24, 2.45) is 17.8 Å². The number of nitrogens with zero attached hydrogens (tertiary/aromatic N) is 1. The Morgan fingerprint density at radius 2 is 1.85 bits per heavy atom. The van der Waals surface area contributed by atoms with Crippen molar-refractivity contribution in [3.05, 3.63) is 35.9 Å². The van der Waals surface area contributed by atoms with Gasteiger partial charge in [0.05, 0.1) is 0 Å². The van der Waals surface area contributed by atoms with E-state index in [4.69, 9.17) is 4.74 Å². The molecule has 0 spiro atoms. The van der Waals surface area contributed by atoms with Crippen molar-refractivity contribution in [2.45, 2.75) is 44.6 Å². The maximum Gasteiger partial charge on any atom is 0.223 e. The summed E-state index contributed by atoms with van der Waals surface area (Å²) < 4.78 is 5.40. The lowest BCUT2D eigenvalue weighted by molar-refractivity contribution is -0.128. The van der Waals surface area contributed by atoms with E-state index in [1.807, 2.05) is 0 Å². The Morgan fingerprint density at radius 1 is 1.08 bits per heavy atom. The molecule has 1 amide bonds. The van der Waals surface area contributed by atoms with Crippen molar-refractivity contribution >= 4 is 5.91 Å². The van der Waals surface area contributed by atoms with Gasteiger partial charge in [-0.05, 0) is 62.5 Å². The molecule has 0 aromatic heterocycles. The third-order valence-corrected chi connectivity index (χ3v) is 6.37. The van der Waals surface area contributed by atoms with Crippen molar-refractivity contribution in [3.8, 4) is 0 Å². The molecule has 1 aromatic rings. The van der Waals surface area contributed by atoms with Crippen molar-refractivity contribution < 1.29 is 9.53 Å². The van der Waals surface area contributed by atoms with Crippen LogP contribution in [0.5, 0.6) is 0 Å². The first-order chi connectivity index (χ1) is 12.8. The lowest BCUT2D eigenvalue weighted by Gasteiger charge is -2.25. The Bertz CT molecular complexity index is 581. The molecule has 0 bridgehead atoms. The number of ether oxygens (including phenoxy) is 1. The molecule has 1 N–H and O–H groups in total. The van der Waals surface area contributed by atoms with Crippen LogP contribution in [-0.2, 0) is 16.0 Å². The first kappa shape index (κ1) is 18.0. The zero-order valence-corrected chi connectivity index (χ0v) is 15.7. The van der Waals surface area contributed by atoms with Gasteiger partial charge in [0.2, 0.25) is 5.91 Å². The molecule has 2 heterocycles. The lowest BCUT2D eigenvalue weighted by atomic mass is 9.95. The second-order valence-electron chi connectivity index (χ2n) is 8.35. The van der Waals surface area contributed by atoms with Gasteiger partial charge in [0.15, 0.2) is 0 Å². The number of nitrogens with one attached hydrogen (secondary N) is 1. The van der Waals surface area contributed by atoms with Crippen LogP contribution in [0.4, 0.5) is 0 Å². The third-order valence-electron chi connectivity index (χ3n) is 6.37. The molecule has 26 heavy (non-hydrogen) atoms. The molecular formula is C22H32N2O2. The van der Waals surface area contributed by atoms with E-state index >= 15 is 0 Å². The quantitative estimate of drug-likeness (QED) is 0.817. The number of aryl methyl sites for hydroxylation is 1. The van der Waals surface area contributed by atoms with Gasteiger partial charge in [-0.15, -0.1) is 0 Å². The molecule has 142 valence electrons. The van der Waals surface area contributed by atoms with Crippen LogP contribution in [0.3, 0.4) is 0 Å². The Morgan fingerprint density at radius 3 is 2.58 bits per heavy atom. The summed E-state index contributed by atoms with van der Waals surface area (Å²) >= 11 is 0. The normalized spacial score (nSPS) is 27.5. The van der Waals surface area contributed by atoms with Gasteiger partial charge in [-0.1, -0.05) is 30.3 Å². The second-order valence-corrected chi connectivity index (χ2v) is 8.35. The molecule has 0 unspecified atom stereocenters. The molecule has 4 nitrogen and oxygen atoms in total. The van der Waals surface area contributed by atoms with Crippen LogP contribution in [0.15, 0.2) is 30.3 Å². The molecular weight excluding hydrogens is 324 g/mol. The van der Waals surface area contributed by atoms with E-state index in [0.717, 1.165) is 58.0 Å². The molecule has 1 aliphatic carbocycles. The van der Waals surface area contributed by atoms with Gasteiger partial charge in [0.1, 0.15) is 0 Å². The summed E-state index contributed by atoms with van der Waals surface area (Å²) in [6.45, 7) is 4.81. The highest BCUT2D eigenvalue weighted by molar-refractivity contribution is 5.79. The number of benzene rings is 1. The highest BCUT2D eigenvalue weighted by Gasteiger charge is 2.43. The summed E-state index contributed by atoms with van der Waals surface area (Å²) in [6.07, 6.45) is 6.81. The maximum atomic E-state index is 12.7. The maximum absolute atomic E-state index is 12.7. The van der Waals surface area contributed by atoms with Crippen LogP contribution in [0.2, 0.25) is 0 Å². The SMILES string of the molecule is O=C(N[C@H]1CN(CCCc2ccccc2)C[C@@H]1C1CC1)C1CCOCC1. The third kappa shape index (κ3) is 4.66. The van der Waals surface area contributed by atoms with Crippen LogP contribution in [0, 0.1) is 17.8 Å². The van der Waals surface area contributed by atoms with Crippen molar-refractivity contribution in [2.75, 3.05) is 32.8 Å². The fourth-order valence-electron chi connectivity index (χ4n) is 4.66. The van der Waals surface area contributed by atoms with Crippen molar-refractivity contribution in [3.63, 3.8) is 0 Å². The van der Waals surface area contributed by atoms with E-state index < -0.39 is 0 Å². The van der Waals surface area contributed by atoms with E-state index in [-0.39, 0.29) is 11.8 Å². The van der Waals surface area contributed by atoms with Gasteiger partial charge in [0.25, 0.3) is 0 Å². The van der Waals surface area contributed by atoms with Crippen LogP contribution in [0.25, 0.3) is 0 Å². The highest BCUT2D eigenvalue weighted by atomic mass is 16.5. The summed E-state index contributed by atoms with van der Waals surface area (Å²) in [7, 11) is 0. The van der Waals surface area contributed by atoms with Gasteiger partial charge in [-0.25, -0.2) is 0 Å². The number of hydrogen-bond donors (Lipinski definition) is 1. The first-order valence-electron chi connectivity index (χ1n) is 10.4. The molecule has 3 fully saturated rings. The zero-order chi connectivity index (χ0) is 17.8. The van der Waals surface area contributed by atoms with Crippen LogP contribution >= 0.6 is 0 Å². The first-order valence-corrected chi connectivity index (χ1v) is 10.4. The Kier molecular flexibility index (Phi) is 5.91. The molecule has 1 saturated carbocycles. The number of amides is 1. The predicted octanol–water partition coefficient (Wildman–Crippen LogP) is 2.87. The Hall–Kier alpha value is -1.39. The summed E-state index contributed by atoms with van der Waals surface area (Å²) in [5, 5.41) is 3.42. The summed E-state index contributed by atoms with van der Waals surface area (Å²) in [6, 6.07) is 11.1. The summed E-state index contributed by atoms with van der Waals surface area (Å²) in [5.41, 5.74) is 1.43.